The zero-order valence-corrected chi connectivity index (χ0v) is 17.5. The fourth-order valence-electron chi connectivity index (χ4n) is 3.51. The Bertz CT molecular complexity index is 902. The lowest BCUT2D eigenvalue weighted by molar-refractivity contribution is -0.129. The number of nitrogens with two attached hydrogens (primary N) is 1. The van der Waals surface area contributed by atoms with Crippen LogP contribution < -0.4 is 10.5 Å². The number of nitrogens with zero attached hydrogens (tertiary/aromatic N) is 3. The average molecular weight is 411 g/mol. The summed E-state index contributed by atoms with van der Waals surface area (Å²) >= 11 is 1.40. The fourth-order valence-corrected chi connectivity index (χ4v) is 4.08. The highest BCUT2D eigenvalue weighted by atomic mass is 32.1. The molecule has 0 fully saturated rings. The number of benzene rings is 1. The Morgan fingerprint density at radius 2 is 2.31 bits per heavy atom. The van der Waals surface area contributed by atoms with Gasteiger partial charge in [-0.05, 0) is 68.5 Å². The number of hydrogen-bond donors (Lipinski definition) is 1. The Balaban J connectivity index is 1.68. The molecule has 1 aromatic carbocycles. The third-order valence-corrected chi connectivity index (χ3v) is 5.82. The van der Waals surface area contributed by atoms with Crippen molar-refractivity contribution in [3.05, 3.63) is 51.5 Å². The van der Waals surface area contributed by atoms with E-state index in [-0.39, 0.29) is 17.5 Å². The molecule has 1 unspecified atom stereocenters. The van der Waals surface area contributed by atoms with Gasteiger partial charge in [0.05, 0.1) is 12.6 Å². The van der Waals surface area contributed by atoms with Crippen LogP contribution in [0.4, 0.5) is 0 Å². The molecule has 29 heavy (non-hydrogen) atoms. The minimum atomic E-state index is -0.249. The van der Waals surface area contributed by atoms with Gasteiger partial charge >= 0.3 is 0 Å². The lowest BCUT2D eigenvalue weighted by Gasteiger charge is -2.35. The van der Waals surface area contributed by atoms with Gasteiger partial charge < -0.3 is 15.4 Å². The summed E-state index contributed by atoms with van der Waals surface area (Å²) in [4.78, 5) is 18.8. The number of fused-ring (bicyclic) bond motifs is 1. The van der Waals surface area contributed by atoms with Crippen LogP contribution >= 0.6 is 11.3 Å². The molecule has 1 amide bonds. The lowest BCUT2D eigenvalue weighted by Crippen LogP contribution is -2.39. The van der Waals surface area contributed by atoms with Crippen molar-refractivity contribution in [2.45, 2.75) is 38.6 Å². The van der Waals surface area contributed by atoms with Crippen LogP contribution in [0, 0.1) is 11.3 Å². The van der Waals surface area contributed by atoms with Gasteiger partial charge in [0.2, 0.25) is 0 Å². The Morgan fingerprint density at radius 1 is 1.45 bits per heavy atom. The number of aromatic nitrogens is 1. The highest BCUT2D eigenvalue weighted by Gasteiger charge is 2.29. The third-order valence-electron chi connectivity index (χ3n) is 5.10. The number of carbonyl (C=O) groups excluding carboxylic acids is 1. The van der Waals surface area contributed by atoms with Gasteiger partial charge in [-0.2, -0.15) is 5.26 Å². The van der Waals surface area contributed by atoms with E-state index in [0.29, 0.717) is 18.2 Å². The van der Waals surface area contributed by atoms with E-state index in [0.717, 1.165) is 43.5 Å². The number of rotatable bonds is 8. The van der Waals surface area contributed by atoms with Crippen LogP contribution in [-0.2, 0) is 11.2 Å². The topological polar surface area (TPSA) is 92.2 Å². The van der Waals surface area contributed by atoms with E-state index in [9.17, 15) is 10.1 Å². The molecule has 1 aliphatic heterocycles. The van der Waals surface area contributed by atoms with Crippen molar-refractivity contribution in [1.82, 2.24) is 9.88 Å². The predicted octanol–water partition coefficient (Wildman–Crippen LogP) is 3.70. The molecule has 0 aliphatic carbocycles. The van der Waals surface area contributed by atoms with Crippen LogP contribution in [0.3, 0.4) is 0 Å². The smallest absolute Gasteiger partial charge is 0.265 e. The summed E-state index contributed by atoms with van der Waals surface area (Å²) in [5.41, 5.74) is 7.93. The first kappa shape index (κ1) is 21.0. The van der Waals surface area contributed by atoms with Gasteiger partial charge in [-0.3, -0.25) is 4.79 Å². The normalized spacial score (nSPS) is 16.2. The van der Waals surface area contributed by atoms with E-state index in [1.807, 2.05) is 30.5 Å². The van der Waals surface area contributed by atoms with E-state index in [2.05, 4.69) is 11.1 Å². The number of amides is 1. The SMILES string of the molecule is CC1c2ccc(OCCCCCN)cc2CCN1C(=O)/C(C#N)=C\c1nccs1. The molecule has 0 saturated carbocycles. The van der Waals surface area contributed by atoms with Gasteiger partial charge in [0.1, 0.15) is 22.4 Å². The summed E-state index contributed by atoms with van der Waals surface area (Å²) in [5, 5.41) is 12.0. The summed E-state index contributed by atoms with van der Waals surface area (Å²) in [7, 11) is 0. The first-order valence-electron chi connectivity index (χ1n) is 9.92. The molecule has 1 atom stereocenters. The second-order valence-electron chi connectivity index (χ2n) is 7.02. The Morgan fingerprint density at radius 3 is 3.03 bits per heavy atom. The molecule has 6 nitrogen and oxygen atoms in total. The van der Waals surface area contributed by atoms with Crippen molar-refractivity contribution >= 4 is 23.3 Å². The van der Waals surface area contributed by atoms with Crippen LogP contribution in [0.25, 0.3) is 6.08 Å². The zero-order valence-electron chi connectivity index (χ0n) is 16.6. The van der Waals surface area contributed by atoms with Crippen LogP contribution in [0.2, 0.25) is 0 Å². The maximum atomic E-state index is 12.9. The Hall–Kier alpha value is -2.69. The first-order chi connectivity index (χ1) is 14.1. The van der Waals surface area contributed by atoms with Gasteiger partial charge in [0.25, 0.3) is 5.91 Å². The highest BCUT2D eigenvalue weighted by Crippen LogP contribution is 2.33. The molecule has 0 saturated heterocycles. The minimum Gasteiger partial charge on any atom is -0.494 e. The number of hydrogen-bond acceptors (Lipinski definition) is 6. The molecule has 0 bridgehead atoms. The van der Waals surface area contributed by atoms with Crippen molar-refractivity contribution in [2.75, 3.05) is 19.7 Å². The Kier molecular flexibility index (Phi) is 7.39. The maximum Gasteiger partial charge on any atom is 0.265 e. The first-order valence-corrected chi connectivity index (χ1v) is 10.8. The number of carbonyl (C=O) groups is 1. The number of nitriles is 1. The van der Waals surface area contributed by atoms with E-state index in [1.54, 1.807) is 17.2 Å². The van der Waals surface area contributed by atoms with Gasteiger partial charge in [-0.15, -0.1) is 11.3 Å². The van der Waals surface area contributed by atoms with Crippen LogP contribution in [-0.4, -0.2) is 35.5 Å². The van der Waals surface area contributed by atoms with Crippen molar-refractivity contribution < 1.29 is 9.53 Å². The third kappa shape index (κ3) is 5.22. The standard InChI is InChI=1S/C22H26N4O2S/c1-16-20-6-5-19(28-11-4-2-3-8-23)13-17(20)7-10-26(16)22(27)18(15-24)14-21-25-9-12-29-21/h5-6,9,12-14,16H,2-4,7-8,10-11,23H2,1H3/b18-14-. The molecule has 2 aromatic rings. The molecule has 2 N–H and O–H groups in total. The highest BCUT2D eigenvalue weighted by molar-refractivity contribution is 7.10. The van der Waals surface area contributed by atoms with Gasteiger partial charge in [-0.25, -0.2) is 4.98 Å². The fraction of sp³-hybridized carbons (Fsp3) is 0.409. The summed E-state index contributed by atoms with van der Waals surface area (Å²) < 4.78 is 5.86. The zero-order chi connectivity index (χ0) is 20.6. The molecular weight excluding hydrogens is 384 g/mol. The maximum absolute atomic E-state index is 12.9. The summed E-state index contributed by atoms with van der Waals surface area (Å²) in [6, 6.07) is 8.01. The van der Waals surface area contributed by atoms with Crippen molar-refractivity contribution in [1.29, 1.82) is 5.26 Å². The molecule has 0 radical (unpaired) electrons. The molecule has 3 rings (SSSR count). The molecular formula is C22H26N4O2S. The predicted molar refractivity (Wildman–Crippen MR) is 114 cm³/mol. The molecule has 0 spiro atoms. The molecule has 2 heterocycles. The van der Waals surface area contributed by atoms with Gasteiger partial charge in [0.15, 0.2) is 0 Å². The van der Waals surface area contributed by atoms with Crippen molar-refractivity contribution in [2.24, 2.45) is 5.73 Å². The molecule has 1 aliphatic rings. The number of unbranched alkanes of at least 4 members (excludes halogenated alkanes) is 2. The van der Waals surface area contributed by atoms with E-state index < -0.39 is 0 Å². The van der Waals surface area contributed by atoms with Crippen LogP contribution in [0.15, 0.2) is 35.3 Å². The Labute approximate surface area is 175 Å². The average Bonchev–Trinajstić information content (AvgIpc) is 3.25. The molecule has 1 aromatic heterocycles. The van der Waals surface area contributed by atoms with E-state index in [4.69, 9.17) is 10.5 Å². The lowest BCUT2D eigenvalue weighted by atomic mass is 9.92. The summed E-state index contributed by atoms with van der Waals surface area (Å²) in [5.74, 6) is 0.617. The largest absolute Gasteiger partial charge is 0.494 e. The molecule has 152 valence electrons. The minimum absolute atomic E-state index is 0.0992. The summed E-state index contributed by atoms with van der Waals surface area (Å²) in [6.07, 6.45) is 7.06. The van der Waals surface area contributed by atoms with Gasteiger partial charge in [0, 0.05) is 18.1 Å². The second kappa shape index (κ2) is 10.2. The van der Waals surface area contributed by atoms with Gasteiger partial charge in [-0.1, -0.05) is 6.07 Å². The van der Waals surface area contributed by atoms with Crippen molar-refractivity contribution in [3.63, 3.8) is 0 Å². The second-order valence-corrected chi connectivity index (χ2v) is 7.95. The number of thiazole rings is 1. The summed E-state index contributed by atoms with van der Waals surface area (Å²) in [6.45, 7) is 3.98. The van der Waals surface area contributed by atoms with E-state index in [1.165, 1.54) is 16.9 Å². The number of ether oxygens (including phenoxy) is 1. The van der Waals surface area contributed by atoms with Crippen LogP contribution in [0.1, 0.15) is 48.4 Å². The quantitative estimate of drug-likeness (QED) is 0.407. The van der Waals surface area contributed by atoms with Crippen LogP contribution in [0.5, 0.6) is 5.75 Å². The molecule has 7 heteroatoms. The van der Waals surface area contributed by atoms with Crippen molar-refractivity contribution in [3.8, 4) is 11.8 Å². The monoisotopic (exact) mass is 410 g/mol. The van der Waals surface area contributed by atoms with E-state index >= 15 is 0 Å².